The average molecular weight is 312 g/mol. The summed E-state index contributed by atoms with van der Waals surface area (Å²) in [4.78, 5) is 0. The molecule has 124 valence electrons. The summed E-state index contributed by atoms with van der Waals surface area (Å²) in [6.45, 7) is -1.57. The molecule has 2 fully saturated rings. The molecule has 0 unspecified atom stereocenters. The van der Waals surface area contributed by atoms with Crippen LogP contribution in [0.1, 0.15) is 0 Å². The molecule has 0 saturated carbocycles. The fraction of sp³-hybridized carbons (Fsp3) is 1.00. The highest BCUT2D eigenvalue weighted by Crippen LogP contribution is 2.28. The Balaban J connectivity index is 1.99. The summed E-state index contributed by atoms with van der Waals surface area (Å²) in [6, 6.07) is 0. The zero-order valence-corrected chi connectivity index (χ0v) is 11.0. The van der Waals surface area contributed by atoms with Gasteiger partial charge in [0.2, 0.25) is 0 Å². The molecule has 0 aromatic carbocycles. The molecule has 0 bridgehead atoms. The standard InChI is InChI=1S/C11H20O10/c12-1-4-6(14)7(15)8(16)9(21-4)20-3-11(18)5(13)2-19-10(11)17/h4-10,12-18H,1-3H2/t4-,5-,6+,7+,8-,9-,10-,11-/m1/s1. The van der Waals surface area contributed by atoms with Gasteiger partial charge in [-0.3, -0.25) is 0 Å². The van der Waals surface area contributed by atoms with E-state index >= 15 is 0 Å². The molecular weight excluding hydrogens is 292 g/mol. The second kappa shape index (κ2) is 6.38. The molecule has 2 aliphatic rings. The van der Waals surface area contributed by atoms with Gasteiger partial charge in [0.05, 0.1) is 19.8 Å². The van der Waals surface area contributed by atoms with Gasteiger partial charge in [0.25, 0.3) is 0 Å². The first kappa shape index (κ1) is 17.0. The Hall–Kier alpha value is -0.400. The Kier molecular flexibility index (Phi) is 5.15. The molecule has 2 heterocycles. The molecule has 2 rings (SSSR count). The zero-order chi connectivity index (χ0) is 15.8. The number of aliphatic hydroxyl groups is 7. The van der Waals surface area contributed by atoms with Crippen LogP contribution in [0.15, 0.2) is 0 Å². The molecule has 10 nitrogen and oxygen atoms in total. The van der Waals surface area contributed by atoms with Gasteiger partial charge >= 0.3 is 0 Å². The van der Waals surface area contributed by atoms with Gasteiger partial charge < -0.3 is 50.0 Å². The van der Waals surface area contributed by atoms with Crippen LogP contribution in [0.5, 0.6) is 0 Å². The molecule has 0 aromatic heterocycles. The van der Waals surface area contributed by atoms with Crippen molar-refractivity contribution in [2.24, 2.45) is 0 Å². The Morgan fingerprint density at radius 1 is 1.05 bits per heavy atom. The number of rotatable bonds is 4. The van der Waals surface area contributed by atoms with E-state index in [1.54, 1.807) is 0 Å². The van der Waals surface area contributed by atoms with Gasteiger partial charge in [0, 0.05) is 0 Å². The first-order chi connectivity index (χ1) is 9.81. The van der Waals surface area contributed by atoms with Crippen molar-refractivity contribution in [2.75, 3.05) is 19.8 Å². The Morgan fingerprint density at radius 3 is 2.24 bits per heavy atom. The summed E-state index contributed by atoms with van der Waals surface area (Å²) in [5.74, 6) is 0. The summed E-state index contributed by atoms with van der Waals surface area (Å²) < 4.78 is 14.8. The molecule has 10 heteroatoms. The van der Waals surface area contributed by atoms with Gasteiger partial charge in [-0.1, -0.05) is 0 Å². The van der Waals surface area contributed by atoms with Crippen molar-refractivity contribution < 1.29 is 50.0 Å². The van der Waals surface area contributed by atoms with Crippen LogP contribution in [0.4, 0.5) is 0 Å². The molecule has 2 saturated heterocycles. The third-order valence-corrected chi connectivity index (χ3v) is 3.74. The van der Waals surface area contributed by atoms with Crippen LogP contribution in [0, 0.1) is 0 Å². The van der Waals surface area contributed by atoms with Gasteiger partial charge in [0.15, 0.2) is 18.2 Å². The number of ether oxygens (including phenoxy) is 3. The summed E-state index contributed by atoms with van der Waals surface area (Å²) in [6.07, 6.45) is -10.5. The van der Waals surface area contributed by atoms with E-state index in [4.69, 9.17) is 14.6 Å². The Labute approximate surface area is 119 Å². The predicted molar refractivity (Wildman–Crippen MR) is 62.6 cm³/mol. The molecule has 0 radical (unpaired) electrons. The van der Waals surface area contributed by atoms with Gasteiger partial charge in [-0.25, -0.2) is 0 Å². The average Bonchev–Trinajstić information content (AvgIpc) is 2.72. The summed E-state index contributed by atoms with van der Waals surface area (Å²) in [7, 11) is 0. The van der Waals surface area contributed by atoms with E-state index in [0.29, 0.717) is 0 Å². The van der Waals surface area contributed by atoms with Crippen LogP contribution in [0.25, 0.3) is 0 Å². The second-order valence-electron chi connectivity index (χ2n) is 5.20. The van der Waals surface area contributed by atoms with Crippen molar-refractivity contribution in [3.05, 3.63) is 0 Å². The first-order valence-corrected chi connectivity index (χ1v) is 6.43. The largest absolute Gasteiger partial charge is 0.394 e. The van der Waals surface area contributed by atoms with E-state index in [0.717, 1.165) is 0 Å². The van der Waals surface area contributed by atoms with Crippen molar-refractivity contribution >= 4 is 0 Å². The van der Waals surface area contributed by atoms with Crippen molar-refractivity contribution in [3.8, 4) is 0 Å². The van der Waals surface area contributed by atoms with E-state index in [-0.39, 0.29) is 6.61 Å². The number of hydrogen-bond acceptors (Lipinski definition) is 10. The molecule has 7 N–H and O–H groups in total. The van der Waals surface area contributed by atoms with Crippen LogP contribution < -0.4 is 0 Å². The molecule has 21 heavy (non-hydrogen) atoms. The van der Waals surface area contributed by atoms with Crippen LogP contribution in [0.2, 0.25) is 0 Å². The third kappa shape index (κ3) is 3.05. The lowest BCUT2D eigenvalue weighted by Crippen LogP contribution is -2.60. The van der Waals surface area contributed by atoms with Crippen molar-refractivity contribution in [2.45, 2.75) is 48.7 Å². The van der Waals surface area contributed by atoms with Crippen molar-refractivity contribution in [3.63, 3.8) is 0 Å². The lowest BCUT2D eigenvalue weighted by atomic mass is 9.98. The molecule has 0 spiro atoms. The normalized spacial score (nSPS) is 51.3. The van der Waals surface area contributed by atoms with Crippen LogP contribution in [-0.2, 0) is 14.2 Å². The van der Waals surface area contributed by atoms with E-state index in [1.165, 1.54) is 0 Å². The summed E-state index contributed by atoms with van der Waals surface area (Å²) >= 11 is 0. The lowest BCUT2D eigenvalue weighted by Gasteiger charge is -2.40. The Bertz CT molecular complexity index is 340. The highest BCUT2D eigenvalue weighted by Gasteiger charge is 2.51. The maximum Gasteiger partial charge on any atom is 0.188 e. The van der Waals surface area contributed by atoms with Gasteiger partial charge in [-0.05, 0) is 0 Å². The van der Waals surface area contributed by atoms with Crippen LogP contribution >= 0.6 is 0 Å². The quantitative estimate of drug-likeness (QED) is 0.267. The monoisotopic (exact) mass is 312 g/mol. The third-order valence-electron chi connectivity index (χ3n) is 3.74. The second-order valence-corrected chi connectivity index (χ2v) is 5.20. The maximum atomic E-state index is 10.0. The molecule has 2 aliphatic heterocycles. The molecule has 8 atom stereocenters. The Morgan fingerprint density at radius 2 is 1.71 bits per heavy atom. The first-order valence-electron chi connectivity index (χ1n) is 6.43. The molecule has 0 amide bonds. The van der Waals surface area contributed by atoms with Crippen LogP contribution in [-0.4, -0.2) is 104 Å². The van der Waals surface area contributed by atoms with E-state index in [1.807, 2.05) is 0 Å². The highest BCUT2D eigenvalue weighted by molar-refractivity contribution is 4.95. The summed E-state index contributed by atoms with van der Waals surface area (Å²) in [5.41, 5.74) is -2.11. The van der Waals surface area contributed by atoms with Crippen LogP contribution in [0.3, 0.4) is 0 Å². The van der Waals surface area contributed by atoms with Gasteiger partial charge in [-0.2, -0.15) is 0 Å². The minimum atomic E-state index is -2.11. The van der Waals surface area contributed by atoms with E-state index < -0.39 is 61.9 Å². The minimum absolute atomic E-state index is 0.296. The van der Waals surface area contributed by atoms with Crippen molar-refractivity contribution in [1.29, 1.82) is 0 Å². The van der Waals surface area contributed by atoms with Gasteiger partial charge in [0.1, 0.15) is 30.5 Å². The fourth-order valence-electron chi connectivity index (χ4n) is 2.22. The lowest BCUT2D eigenvalue weighted by molar-refractivity contribution is -0.316. The number of hydrogen-bond donors (Lipinski definition) is 7. The van der Waals surface area contributed by atoms with Gasteiger partial charge in [-0.15, -0.1) is 0 Å². The zero-order valence-electron chi connectivity index (χ0n) is 11.0. The highest BCUT2D eigenvalue weighted by atomic mass is 16.7. The topological polar surface area (TPSA) is 169 Å². The van der Waals surface area contributed by atoms with E-state index in [9.17, 15) is 30.6 Å². The molecule has 0 aliphatic carbocycles. The number of aliphatic hydroxyl groups excluding tert-OH is 6. The van der Waals surface area contributed by atoms with Crippen molar-refractivity contribution in [1.82, 2.24) is 0 Å². The minimum Gasteiger partial charge on any atom is -0.394 e. The smallest absolute Gasteiger partial charge is 0.188 e. The maximum absolute atomic E-state index is 10.0. The fourth-order valence-corrected chi connectivity index (χ4v) is 2.22. The predicted octanol–water partition coefficient (Wildman–Crippen LogP) is -4.76. The SMILES string of the molecule is OC[C@H]1O[C@@H](OC[C@@]2(O)[C@H](O)CO[C@H]2O)[C@H](O)[C@@H](O)[C@H]1O. The summed E-state index contributed by atoms with van der Waals surface area (Å²) in [5, 5.41) is 67.0. The molecular formula is C11H20O10. The van der Waals surface area contributed by atoms with E-state index in [2.05, 4.69) is 4.74 Å². The molecule has 0 aromatic rings.